The van der Waals surface area contributed by atoms with Gasteiger partial charge in [-0.25, -0.2) is 0 Å². The normalized spacial score (nSPS) is 29.0. The maximum atomic E-state index is 12.4. The van der Waals surface area contributed by atoms with Crippen LogP contribution in [0.3, 0.4) is 0 Å². The van der Waals surface area contributed by atoms with Crippen molar-refractivity contribution in [2.75, 3.05) is 5.43 Å². The van der Waals surface area contributed by atoms with E-state index in [2.05, 4.69) is 5.43 Å². The number of carbonyl (C=O) groups is 1. The van der Waals surface area contributed by atoms with Crippen LogP contribution in [-0.2, 0) is 0 Å². The maximum absolute atomic E-state index is 12.4. The average Bonchev–Trinajstić information content (AvgIpc) is 3.36. The predicted octanol–water partition coefficient (Wildman–Crippen LogP) is 3.20. The van der Waals surface area contributed by atoms with Crippen molar-refractivity contribution in [2.45, 2.75) is 38.0 Å². The second-order valence-corrected chi connectivity index (χ2v) is 7.47. The van der Waals surface area contributed by atoms with Gasteiger partial charge in [0.1, 0.15) is 0 Å². The van der Waals surface area contributed by atoms with Crippen molar-refractivity contribution >= 4 is 5.91 Å². The van der Waals surface area contributed by atoms with E-state index >= 15 is 0 Å². The Kier molecular flexibility index (Phi) is 2.65. The number of rotatable bonds is 2. The first-order chi connectivity index (χ1) is 11.6. The fourth-order valence-electron chi connectivity index (χ4n) is 4.96. The molecule has 24 heavy (non-hydrogen) atoms. The number of amides is 1. The molecule has 4 unspecified atom stereocenters. The molecular weight excluding hydrogens is 304 g/mol. The Morgan fingerprint density at radius 2 is 1.58 bits per heavy atom. The highest BCUT2D eigenvalue weighted by molar-refractivity contribution is 6.00. The monoisotopic (exact) mass is 324 g/mol. The fraction of sp³-hybridized carbons (Fsp3) is 0.421. The van der Waals surface area contributed by atoms with Crippen molar-refractivity contribution < 1.29 is 15.0 Å². The molecule has 5 nitrogen and oxygen atoms in total. The lowest BCUT2D eigenvalue weighted by molar-refractivity contribution is 0.100. The first-order valence-electron chi connectivity index (χ1n) is 8.60. The van der Waals surface area contributed by atoms with E-state index < -0.39 is 0 Å². The first-order valence-corrected chi connectivity index (χ1v) is 8.60. The zero-order valence-corrected chi connectivity index (χ0v) is 13.5. The summed E-state index contributed by atoms with van der Waals surface area (Å²) in [5, 5.41) is 21.3. The first kappa shape index (κ1) is 14.0. The highest BCUT2D eigenvalue weighted by Gasteiger charge is 2.59. The molecule has 4 atom stereocenters. The van der Waals surface area contributed by atoms with Gasteiger partial charge in [-0.1, -0.05) is 17.7 Å². The van der Waals surface area contributed by atoms with Crippen molar-refractivity contribution in [3.63, 3.8) is 0 Å². The molecule has 1 amide bonds. The van der Waals surface area contributed by atoms with E-state index in [1.165, 1.54) is 11.1 Å². The van der Waals surface area contributed by atoms with Crippen LogP contribution in [0, 0.1) is 18.8 Å². The summed E-state index contributed by atoms with van der Waals surface area (Å²) in [7, 11) is 0. The third-order valence-electron chi connectivity index (χ3n) is 6.18. The molecule has 4 aliphatic carbocycles. The molecule has 6 rings (SSSR count). The van der Waals surface area contributed by atoms with Gasteiger partial charge in [0.15, 0.2) is 0 Å². The summed E-state index contributed by atoms with van der Waals surface area (Å²) in [5.41, 5.74) is 5.95. The minimum atomic E-state index is -0.342. The summed E-state index contributed by atoms with van der Waals surface area (Å²) in [4.78, 5) is 12.4. The number of nitrogens with zero attached hydrogens (tertiary/aromatic N) is 1. The number of aromatic hydroxyl groups is 2. The predicted molar refractivity (Wildman–Crippen MR) is 88.9 cm³/mol. The van der Waals surface area contributed by atoms with Crippen LogP contribution in [0.1, 0.15) is 58.1 Å². The van der Waals surface area contributed by atoms with Crippen molar-refractivity contribution in [3.05, 3.63) is 46.5 Å². The van der Waals surface area contributed by atoms with Crippen LogP contribution in [0.2, 0.25) is 0 Å². The largest absolute Gasteiger partial charge is 0.493 e. The van der Waals surface area contributed by atoms with Crippen LogP contribution in [0.25, 0.3) is 0 Å². The third-order valence-corrected chi connectivity index (χ3v) is 6.18. The molecule has 2 fully saturated rings. The summed E-state index contributed by atoms with van der Waals surface area (Å²) < 4.78 is 1.17. The summed E-state index contributed by atoms with van der Waals surface area (Å²) in [6, 6.07) is 7.20. The van der Waals surface area contributed by atoms with E-state index in [9.17, 15) is 15.0 Å². The van der Waals surface area contributed by atoms with E-state index in [-0.39, 0.29) is 17.7 Å². The van der Waals surface area contributed by atoms with Crippen molar-refractivity contribution in [1.29, 1.82) is 0 Å². The van der Waals surface area contributed by atoms with Crippen molar-refractivity contribution in [3.8, 4) is 11.8 Å². The molecular formula is C19H20N2O3. The molecule has 0 radical (unpaired) electrons. The quantitative estimate of drug-likeness (QED) is 0.794. The Hall–Kier alpha value is -2.43. The average molecular weight is 324 g/mol. The molecule has 124 valence electrons. The van der Waals surface area contributed by atoms with Crippen LogP contribution < -0.4 is 5.43 Å². The summed E-state index contributed by atoms with van der Waals surface area (Å²) in [5.74, 6) is 1.64. The van der Waals surface area contributed by atoms with E-state index in [0.717, 1.165) is 29.5 Å². The Bertz CT molecular complexity index is 813. The number of carbonyl (C=O) groups excluding carboxylic acids is 1. The van der Waals surface area contributed by atoms with Gasteiger partial charge in [-0.05, 0) is 62.0 Å². The second kappa shape index (κ2) is 4.56. The minimum Gasteiger partial charge on any atom is -0.493 e. The molecule has 2 aromatic rings. The molecule has 0 aliphatic heterocycles. The summed E-state index contributed by atoms with van der Waals surface area (Å²) in [6.45, 7) is 1.96. The number of benzene rings is 1. The van der Waals surface area contributed by atoms with Gasteiger partial charge in [-0.3, -0.25) is 10.2 Å². The molecule has 2 bridgehead atoms. The Morgan fingerprint density at radius 3 is 2.12 bits per heavy atom. The van der Waals surface area contributed by atoms with E-state index in [4.69, 9.17) is 0 Å². The highest BCUT2D eigenvalue weighted by Crippen LogP contribution is 2.70. The van der Waals surface area contributed by atoms with Crippen molar-refractivity contribution in [2.24, 2.45) is 11.8 Å². The van der Waals surface area contributed by atoms with Gasteiger partial charge in [-0.2, -0.15) is 4.68 Å². The van der Waals surface area contributed by atoms with Crippen LogP contribution >= 0.6 is 0 Å². The molecule has 1 heterocycles. The zero-order valence-electron chi connectivity index (χ0n) is 13.5. The standard InChI is InChI=1S/C19H20N2O3/c1-9-2-4-10(5-3-9)17(22)20-21-18(23)15-11-6-7-12(14-8-13(11)14)16(15)19(21)24/h2-5,11-14,23-24H,6-8H2,1H3,(H,20,22). The Morgan fingerprint density at radius 1 is 1.04 bits per heavy atom. The Balaban J connectivity index is 1.52. The summed E-state index contributed by atoms with van der Waals surface area (Å²) >= 11 is 0. The maximum Gasteiger partial charge on any atom is 0.270 e. The van der Waals surface area contributed by atoms with Gasteiger partial charge in [0.2, 0.25) is 11.8 Å². The van der Waals surface area contributed by atoms with E-state index in [0.29, 0.717) is 29.2 Å². The molecule has 1 aromatic carbocycles. The highest BCUT2D eigenvalue weighted by atomic mass is 16.3. The number of aryl methyl sites for hydroxylation is 1. The number of fused-ring (bicyclic) bond motifs is 1. The molecule has 5 heteroatoms. The minimum absolute atomic E-state index is 0.00279. The zero-order chi connectivity index (χ0) is 16.6. The lowest BCUT2D eigenvalue weighted by Crippen LogP contribution is -2.22. The number of nitrogens with one attached hydrogen (secondary N) is 1. The van der Waals surface area contributed by atoms with Crippen LogP contribution in [0.4, 0.5) is 0 Å². The smallest absolute Gasteiger partial charge is 0.270 e. The lowest BCUT2D eigenvalue weighted by atomic mass is 9.68. The number of hydrogen-bond donors (Lipinski definition) is 3. The van der Waals surface area contributed by atoms with E-state index in [1.807, 2.05) is 19.1 Å². The van der Waals surface area contributed by atoms with Gasteiger partial charge in [0, 0.05) is 16.7 Å². The Labute approximate surface area is 139 Å². The number of hydrogen-bond acceptors (Lipinski definition) is 3. The molecule has 4 aliphatic rings. The van der Waals surface area contributed by atoms with Crippen LogP contribution in [0.15, 0.2) is 24.3 Å². The van der Waals surface area contributed by atoms with Gasteiger partial charge in [-0.15, -0.1) is 0 Å². The van der Waals surface area contributed by atoms with Gasteiger partial charge in [0.25, 0.3) is 5.91 Å². The van der Waals surface area contributed by atoms with Crippen LogP contribution in [-0.4, -0.2) is 20.8 Å². The lowest BCUT2D eigenvalue weighted by Gasteiger charge is -2.35. The molecule has 1 aromatic heterocycles. The third kappa shape index (κ3) is 1.72. The fourth-order valence-corrected chi connectivity index (χ4v) is 4.96. The topological polar surface area (TPSA) is 74.5 Å². The van der Waals surface area contributed by atoms with E-state index in [1.54, 1.807) is 12.1 Å². The van der Waals surface area contributed by atoms with Crippen molar-refractivity contribution in [1.82, 2.24) is 4.68 Å². The summed E-state index contributed by atoms with van der Waals surface area (Å²) in [6.07, 6.45) is 3.35. The second-order valence-electron chi connectivity index (χ2n) is 7.47. The number of aromatic nitrogens is 1. The van der Waals surface area contributed by atoms with Crippen LogP contribution in [0.5, 0.6) is 11.8 Å². The molecule has 0 spiro atoms. The van der Waals surface area contributed by atoms with Gasteiger partial charge in [0.05, 0.1) is 0 Å². The van der Waals surface area contributed by atoms with Gasteiger partial charge < -0.3 is 10.2 Å². The molecule has 3 N–H and O–H groups in total. The molecule has 2 saturated carbocycles. The van der Waals surface area contributed by atoms with Gasteiger partial charge >= 0.3 is 0 Å². The molecule has 0 saturated heterocycles. The SMILES string of the molecule is Cc1ccc(C(=O)Nn2c(O)c3c(c2O)C2CCC3C3CC23)cc1.